The summed E-state index contributed by atoms with van der Waals surface area (Å²) >= 11 is 13.9. The third kappa shape index (κ3) is 2.90. The minimum atomic E-state index is -0.267. The molecule has 0 N–H and O–H groups in total. The van der Waals surface area contributed by atoms with Gasteiger partial charge in [-0.2, -0.15) is 0 Å². The van der Waals surface area contributed by atoms with Gasteiger partial charge < -0.3 is 4.74 Å². The smallest absolute Gasteiger partial charge is 0.127 e. The molecule has 0 radical (unpaired) electrons. The van der Waals surface area contributed by atoms with Gasteiger partial charge in [0, 0.05) is 14.5 Å². The van der Waals surface area contributed by atoms with Crippen molar-refractivity contribution in [2.75, 3.05) is 7.11 Å². The third-order valence-electron chi connectivity index (χ3n) is 3.34. The fourth-order valence-corrected chi connectivity index (χ4v) is 3.94. The molecule has 0 amide bonds. The normalized spacial score (nSPS) is 12.3. The van der Waals surface area contributed by atoms with Gasteiger partial charge in [-0.1, -0.05) is 50.1 Å². The molecule has 0 heterocycles. The van der Waals surface area contributed by atoms with Crippen molar-refractivity contribution in [2.24, 2.45) is 0 Å². The van der Waals surface area contributed by atoms with E-state index in [9.17, 15) is 0 Å². The summed E-state index contributed by atoms with van der Waals surface area (Å²) in [6, 6.07) is 10.0. The second-order valence-electron chi connectivity index (χ2n) is 4.63. The Morgan fingerprint density at radius 1 is 1.10 bits per heavy atom. The summed E-state index contributed by atoms with van der Waals surface area (Å²) in [4.78, 5) is 0. The maximum Gasteiger partial charge on any atom is 0.127 e. The van der Waals surface area contributed by atoms with E-state index in [4.69, 9.17) is 16.3 Å². The minimum Gasteiger partial charge on any atom is -0.496 e. The van der Waals surface area contributed by atoms with Crippen LogP contribution < -0.4 is 4.74 Å². The molecule has 1 nitrogen and oxygen atoms in total. The number of halogens is 3. The highest BCUT2D eigenvalue weighted by atomic mass is 79.9. The van der Waals surface area contributed by atoms with E-state index in [2.05, 4.69) is 37.9 Å². The van der Waals surface area contributed by atoms with Crippen LogP contribution in [0.15, 0.2) is 39.3 Å². The maximum atomic E-state index is 6.74. The molecule has 1 atom stereocenters. The standard InChI is InChI=1S/C16H15Br2ClO/c1-9-8-13(18)10(2)14(16(9)20-3)15(19)11-6-4-5-7-12(11)17/h4-8,15H,1-3H3. The predicted octanol–water partition coefficient (Wildman–Crippen LogP) is 6.17. The first-order valence-electron chi connectivity index (χ1n) is 6.19. The quantitative estimate of drug-likeness (QED) is 0.542. The van der Waals surface area contributed by atoms with Crippen LogP contribution >= 0.6 is 43.5 Å². The lowest BCUT2D eigenvalue weighted by molar-refractivity contribution is 0.406. The van der Waals surface area contributed by atoms with Gasteiger partial charge in [-0.05, 0) is 42.7 Å². The van der Waals surface area contributed by atoms with E-state index >= 15 is 0 Å². The molecule has 0 aromatic heterocycles. The van der Waals surface area contributed by atoms with Gasteiger partial charge in [-0.3, -0.25) is 0 Å². The molecule has 0 aliphatic carbocycles. The molecule has 106 valence electrons. The zero-order chi connectivity index (χ0) is 14.9. The first-order valence-corrected chi connectivity index (χ1v) is 8.21. The fourth-order valence-electron chi connectivity index (χ4n) is 2.29. The second kappa shape index (κ2) is 6.50. The third-order valence-corrected chi connectivity index (χ3v) is 5.34. The Balaban J connectivity index is 2.66. The Kier molecular flexibility index (Phi) is 5.16. The van der Waals surface area contributed by atoms with Crippen LogP contribution in [0, 0.1) is 13.8 Å². The average molecular weight is 419 g/mol. The van der Waals surface area contributed by atoms with Crippen molar-refractivity contribution in [2.45, 2.75) is 19.2 Å². The Bertz CT molecular complexity index is 641. The van der Waals surface area contributed by atoms with Crippen LogP contribution in [-0.2, 0) is 0 Å². The van der Waals surface area contributed by atoms with Crippen molar-refractivity contribution in [3.63, 3.8) is 0 Å². The van der Waals surface area contributed by atoms with Crippen molar-refractivity contribution in [3.8, 4) is 5.75 Å². The lowest BCUT2D eigenvalue weighted by atomic mass is 9.96. The topological polar surface area (TPSA) is 9.23 Å². The van der Waals surface area contributed by atoms with E-state index < -0.39 is 0 Å². The summed E-state index contributed by atoms with van der Waals surface area (Å²) in [5.41, 5.74) is 4.21. The van der Waals surface area contributed by atoms with E-state index in [1.54, 1.807) is 7.11 Å². The zero-order valence-electron chi connectivity index (χ0n) is 11.5. The second-order valence-corrected chi connectivity index (χ2v) is 6.78. The van der Waals surface area contributed by atoms with E-state index in [1.165, 1.54) is 0 Å². The Hall–Kier alpha value is -0.510. The molecular formula is C16H15Br2ClO. The zero-order valence-corrected chi connectivity index (χ0v) is 15.4. The number of hydrogen-bond donors (Lipinski definition) is 0. The first kappa shape index (κ1) is 15.9. The molecule has 1 unspecified atom stereocenters. The van der Waals surface area contributed by atoms with Crippen molar-refractivity contribution >= 4 is 43.5 Å². The van der Waals surface area contributed by atoms with Crippen LogP contribution in [0.2, 0.25) is 0 Å². The number of methoxy groups -OCH3 is 1. The summed E-state index contributed by atoms with van der Waals surface area (Å²) in [6.07, 6.45) is 0. The van der Waals surface area contributed by atoms with Crippen molar-refractivity contribution in [1.82, 2.24) is 0 Å². The van der Waals surface area contributed by atoms with Crippen LogP contribution in [-0.4, -0.2) is 7.11 Å². The van der Waals surface area contributed by atoms with Gasteiger partial charge in [0.15, 0.2) is 0 Å². The molecule has 0 saturated carbocycles. The molecule has 0 fully saturated rings. The highest BCUT2D eigenvalue weighted by molar-refractivity contribution is 9.10. The van der Waals surface area contributed by atoms with Gasteiger partial charge in [0.05, 0.1) is 12.5 Å². The number of aryl methyl sites for hydroxylation is 1. The number of hydrogen-bond acceptors (Lipinski definition) is 1. The van der Waals surface area contributed by atoms with Gasteiger partial charge >= 0.3 is 0 Å². The molecule has 2 aromatic carbocycles. The van der Waals surface area contributed by atoms with Crippen molar-refractivity contribution in [3.05, 3.63) is 61.5 Å². The van der Waals surface area contributed by atoms with E-state index in [0.29, 0.717) is 0 Å². The van der Waals surface area contributed by atoms with Crippen LogP contribution in [0.3, 0.4) is 0 Å². The summed E-state index contributed by atoms with van der Waals surface area (Å²) < 4.78 is 7.62. The van der Waals surface area contributed by atoms with Crippen molar-refractivity contribution in [1.29, 1.82) is 0 Å². The Morgan fingerprint density at radius 2 is 1.75 bits per heavy atom. The van der Waals surface area contributed by atoms with E-state index in [1.807, 2.05) is 38.1 Å². The molecule has 0 bridgehead atoms. The fraction of sp³-hybridized carbons (Fsp3) is 0.250. The van der Waals surface area contributed by atoms with Gasteiger partial charge in [0.1, 0.15) is 5.75 Å². The monoisotopic (exact) mass is 416 g/mol. The molecule has 4 heteroatoms. The van der Waals surface area contributed by atoms with Crippen LogP contribution in [0.4, 0.5) is 0 Å². The Morgan fingerprint density at radius 3 is 2.35 bits per heavy atom. The predicted molar refractivity (Wildman–Crippen MR) is 92.0 cm³/mol. The number of benzene rings is 2. The van der Waals surface area contributed by atoms with Gasteiger partial charge in [0.25, 0.3) is 0 Å². The highest BCUT2D eigenvalue weighted by Crippen LogP contribution is 2.43. The lowest BCUT2D eigenvalue weighted by Crippen LogP contribution is -2.03. The van der Waals surface area contributed by atoms with Crippen LogP contribution in [0.1, 0.15) is 27.6 Å². The van der Waals surface area contributed by atoms with Crippen LogP contribution in [0.5, 0.6) is 5.75 Å². The summed E-state index contributed by atoms with van der Waals surface area (Å²) in [5, 5.41) is -0.267. The molecular weight excluding hydrogens is 403 g/mol. The van der Waals surface area contributed by atoms with Crippen LogP contribution in [0.25, 0.3) is 0 Å². The summed E-state index contributed by atoms with van der Waals surface area (Å²) in [5.74, 6) is 0.849. The van der Waals surface area contributed by atoms with E-state index in [-0.39, 0.29) is 5.38 Å². The molecule has 20 heavy (non-hydrogen) atoms. The molecule has 0 saturated heterocycles. The summed E-state index contributed by atoms with van der Waals surface area (Å²) in [6.45, 7) is 4.07. The number of ether oxygens (including phenoxy) is 1. The number of alkyl halides is 1. The Labute approximate surface area is 141 Å². The summed E-state index contributed by atoms with van der Waals surface area (Å²) in [7, 11) is 1.68. The van der Waals surface area contributed by atoms with Crippen molar-refractivity contribution < 1.29 is 4.74 Å². The molecule has 2 rings (SSSR count). The number of rotatable bonds is 3. The maximum absolute atomic E-state index is 6.74. The van der Waals surface area contributed by atoms with E-state index in [0.717, 1.165) is 36.9 Å². The molecule has 2 aromatic rings. The van der Waals surface area contributed by atoms with Gasteiger partial charge in [-0.25, -0.2) is 0 Å². The van der Waals surface area contributed by atoms with Gasteiger partial charge in [0.2, 0.25) is 0 Å². The first-order chi connectivity index (χ1) is 9.47. The largest absolute Gasteiger partial charge is 0.496 e. The minimum absolute atomic E-state index is 0.267. The highest BCUT2D eigenvalue weighted by Gasteiger charge is 2.23. The average Bonchev–Trinajstić information content (AvgIpc) is 2.42. The molecule has 0 aliphatic rings. The molecule has 0 aliphatic heterocycles. The SMILES string of the molecule is COc1c(C)cc(Br)c(C)c1C(Cl)c1ccccc1Br. The van der Waals surface area contributed by atoms with Gasteiger partial charge in [-0.15, -0.1) is 11.6 Å². The lowest BCUT2D eigenvalue weighted by Gasteiger charge is -2.21. The molecule has 0 spiro atoms.